The van der Waals surface area contributed by atoms with E-state index in [0.717, 1.165) is 16.3 Å². The Balaban J connectivity index is 1.43. The summed E-state index contributed by atoms with van der Waals surface area (Å²) in [6.45, 7) is 1.81. The molecule has 0 spiro atoms. The van der Waals surface area contributed by atoms with Crippen LogP contribution in [0.2, 0.25) is 0 Å². The summed E-state index contributed by atoms with van der Waals surface area (Å²) >= 11 is 1.59. The molecule has 136 valence electrons. The fraction of sp³-hybridized carbons (Fsp3) is 0.150. The second-order valence-corrected chi connectivity index (χ2v) is 7.01. The number of carbonyl (C=O) groups excluding carboxylic acids is 2. The van der Waals surface area contributed by atoms with Crippen LogP contribution in [0.4, 0.5) is 11.4 Å². The molecule has 0 saturated carbocycles. The predicted octanol–water partition coefficient (Wildman–Crippen LogP) is 3.48. The molecule has 1 aliphatic heterocycles. The average molecular weight is 379 g/mol. The zero-order valence-electron chi connectivity index (χ0n) is 14.6. The largest absolute Gasteiger partial charge is 0.484 e. The maximum atomic E-state index is 12.6. The van der Waals surface area contributed by atoms with Gasteiger partial charge < -0.3 is 10.1 Å². The molecular weight excluding hydrogens is 362 g/mol. The van der Waals surface area contributed by atoms with E-state index in [1.54, 1.807) is 23.5 Å². The van der Waals surface area contributed by atoms with Crippen molar-refractivity contribution in [3.63, 3.8) is 0 Å². The summed E-state index contributed by atoms with van der Waals surface area (Å²) in [7, 11) is 0. The van der Waals surface area contributed by atoms with Gasteiger partial charge >= 0.3 is 0 Å². The van der Waals surface area contributed by atoms with E-state index in [1.807, 2.05) is 48.7 Å². The quantitative estimate of drug-likeness (QED) is 0.753. The lowest BCUT2D eigenvalue weighted by Crippen LogP contribution is -2.44. The number of rotatable bonds is 4. The number of para-hydroxylation sites is 2. The van der Waals surface area contributed by atoms with Gasteiger partial charge in [0.1, 0.15) is 17.3 Å². The van der Waals surface area contributed by atoms with Crippen molar-refractivity contribution >= 4 is 34.5 Å². The molecule has 1 N–H and O–H groups in total. The van der Waals surface area contributed by atoms with Crippen LogP contribution in [-0.2, 0) is 9.59 Å². The molecule has 0 bridgehead atoms. The van der Waals surface area contributed by atoms with Gasteiger partial charge in [0.2, 0.25) is 5.91 Å². The molecule has 0 saturated heterocycles. The van der Waals surface area contributed by atoms with Gasteiger partial charge in [-0.2, -0.15) is 0 Å². The van der Waals surface area contributed by atoms with E-state index in [0.29, 0.717) is 17.1 Å². The van der Waals surface area contributed by atoms with E-state index in [4.69, 9.17) is 4.74 Å². The topological polar surface area (TPSA) is 71.5 Å². The number of anilines is 2. The summed E-state index contributed by atoms with van der Waals surface area (Å²) in [5.41, 5.74) is 3.31. The van der Waals surface area contributed by atoms with Crippen molar-refractivity contribution in [2.24, 2.45) is 0 Å². The molecule has 0 fully saturated rings. The Morgan fingerprint density at radius 3 is 2.74 bits per heavy atom. The van der Waals surface area contributed by atoms with Crippen molar-refractivity contribution in [2.75, 3.05) is 23.4 Å². The minimum atomic E-state index is -0.267. The third kappa shape index (κ3) is 3.68. The number of aromatic nitrogens is 1. The monoisotopic (exact) mass is 379 g/mol. The predicted molar refractivity (Wildman–Crippen MR) is 105 cm³/mol. The summed E-state index contributed by atoms with van der Waals surface area (Å²) < 4.78 is 5.63. The van der Waals surface area contributed by atoms with Crippen molar-refractivity contribution in [2.45, 2.75) is 6.92 Å². The summed E-state index contributed by atoms with van der Waals surface area (Å²) in [5, 5.41) is 5.72. The van der Waals surface area contributed by atoms with Crippen molar-refractivity contribution in [1.29, 1.82) is 0 Å². The van der Waals surface area contributed by atoms with Crippen LogP contribution in [0, 0.1) is 6.92 Å². The Morgan fingerprint density at radius 1 is 1.22 bits per heavy atom. The second-order valence-electron chi connectivity index (χ2n) is 6.15. The maximum absolute atomic E-state index is 12.6. The first kappa shape index (κ1) is 17.2. The van der Waals surface area contributed by atoms with Crippen LogP contribution in [-0.4, -0.2) is 29.9 Å². The van der Waals surface area contributed by atoms with E-state index >= 15 is 0 Å². The molecular formula is C20H17N3O3S. The number of carbonyl (C=O) groups is 2. The number of nitrogens with zero attached hydrogens (tertiary/aromatic N) is 2. The number of fused-ring (bicyclic) bond motifs is 1. The fourth-order valence-corrected chi connectivity index (χ4v) is 3.66. The first-order valence-corrected chi connectivity index (χ1v) is 9.33. The van der Waals surface area contributed by atoms with Gasteiger partial charge in [0.15, 0.2) is 6.61 Å². The lowest BCUT2D eigenvalue weighted by atomic mass is 10.2. The lowest BCUT2D eigenvalue weighted by Gasteiger charge is -2.29. The van der Waals surface area contributed by atoms with Gasteiger partial charge in [-0.05, 0) is 43.3 Å². The molecule has 1 aliphatic rings. The van der Waals surface area contributed by atoms with Gasteiger partial charge in [0, 0.05) is 16.6 Å². The molecule has 2 amide bonds. The van der Waals surface area contributed by atoms with Crippen LogP contribution < -0.4 is 15.0 Å². The van der Waals surface area contributed by atoms with E-state index in [1.165, 1.54) is 4.90 Å². The van der Waals surface area contributed by atoms with Gasteiger partial charge in [0.05, 0.1) is 11.4 Å². The molecule has 6 nitrogen and oxygen atoms in total. The molecule has 27 heavy (non-hydrogen) atoms. The number of benzene rings is 2. The number of hydrogen-bond acceptors (Lipinski definition) is 5. The molecule has 2 heterocycles. The van der Waals surface area contributed by atoms with Crippen LogP contribution in [0.5, 0.6) is 5.75 Å². The summed E-state index contributed by atoms with van der Waals surface area (Å²) in [6, 6.07) is 14.7. The summed E-state index contributed by atoms with van der Waals surface area (Å²) in [6.07, 6.45) is 0. The SMILES string of the molecule is Cc1csc(-c2ccc(OCC(=O)N3CC(=O)Nc4ccccc43)cc2)n1. The third-order valence-corrected chi connectivity index (χ3v) is 5.16. The normalized spacial score (nSPS) is 13.1. The van der Waals surface area contributed by atoms with Crippen molar-refractivity contribution in [3.05, 3.63) is 59.6 Å². The van der Waals surface area contributed by atoms with Crippen molar-refractivity contribution in [1.82, 2.24) is 4.98 Å². The van der Waals surface area contributed by atoms with Gasteiger partial charge in [-0.15, -0.1) is 11.3 Å². The molecule has 0 radical (unpaired) electrons. The van der Waals surface area contributed by atoms with Crippen molar-refractivity contribution in [3.8, 4) is 16.3 Å². The molecule has 2 aromatic carbocycles. The molecule has 4 rings (SSSR count). The molecule has 1 aromatic heterocycles. The Kier molecular flexibility index (Phi) is 4.60. The van der Waals surface area contributed by atoms with E-state index in [9.17, 15) is 9.59 Å². The van der Waals surface area contributed by atoms with Gasteiger partial charge in [-0.25, -0.2) is 4.98 Å². The summed E-state index contributed by atoms with van der Waals surface area (Å²) in [5.74, 6) is 0.109. The standard InChI is InChI=1S/C20H17N3O3S/c1-13-12-27-20(21-13)14-6-8-15(9-7-14)26-11-19(25)23-10-18(24)22-16-4-2-3-5-17(16)23/h2-9,12H,10-11H2,1H3,(H,22,24). The first-order chi connectivity index (χ1) is 13.1. The van der Waals surface area contributed by atoms with Crippen LogP contribution in [0.25, 0.3) is 10.6 Å². The van der Waals surface area contributed by atoms with Crippen molar-refractivity contribution < 1.29 is 14.3 Å². The molecule has 0 unspecified atom stereocenters. The molecule has 3 aromatic rings. The van der Waals surface area contributed by atoms with Gasteiger partial charge in [0.25, 0.3) is 5.91 Å². The number of ether oxygens (including phenoxy) is 1. The highest BCUT2D eigenvalue weighted by Gasteiger charge is 2.26. The molecule has 7 heteroatoms. The maximum Gasteiger partial charge on any atom is 0.265 e. The van der Waals surface area contributed by atoms with Crippen LogP contribution >= 0.6 is 11.3 Å². The number of nitrogens with one attached hydrogen (secondary N) is 1. The third-order valence-electron chi connectivity index (χ3n) is 4.15. The number of amides is 2. The van der Waals surface area contributed by atoms with Gasteiger partial charge in [-0.1, -0.05) is 12.1 Å². The fourth-order valence-electron chi connectivity index (χ4n) is 2.86. The molecule has 0 atom stereocenters. The highest BCUT2D eigenvalue weighted by molar-refractivity contribution is 7.13. The number of hydrogen-bond donors (Lipinski definition) is 1. The van der Waals surface area contributed by atoms with Gasteiger partial charge in [-0.3, -0.25) is 14.5 Å². The Labute approximate surface area is 160 Å². The van der Waals surface area contributed by atoms with Crippen LogP contribution in [0.15, 0.2) is 53.9 Å². The highest BCUT2D eigenvalue weighted by Crippen LogP contribution is 2.29. The minimum absolute atomic E-state index is 0.0124. The second kappa shape index (κ2) is 7.20. The Morgan fingerprint density at radius 2 is 2.00 bits per heavy atom. The average Bonchev–Trinajstić information content (AvgIpc) is 3.12. The zero-order chi connectivity index (χ0) is 18.8. The van der Waals surface area contributed by atoms with Crippen LogP contribution in [0.1, 0.15) is 5.69 Å². The highest BCUT2D eigenvalue weighted by atomic mass is 32.1. The molecule has 0 aliphatic carbocycles. The Bertz CT molecular complexity index is 998. The van der Waals surface area contributed by atoms with E-state index in [-0.39, 0.29) is 25.0 Å². The number of thiazole rings is 1. The lowest BCUT2D eigenvalue weighted by molar-refractivity contribution is -0.123. The van der Waals surface area contributed by atoms with E-state index < -0.39 is 0 Å². The smallest absolute Gasteiger partial charge is 0.265 e. The Hall–Kier alpha value is -3.19. The van der Waals surface area contributed by atoms with E-state index in [2.05, 4.69) is 10.3 Å². The number of aryl methyl sites for hydroxylation is 1. The van der Waals surface area contributed by atoms with Crippen LogP contribution in [0.3, 0.4) is 0 Å². The summed E-state index contributed by atoms with van der Waals surface area (Å²) in [4.78, 5) is 30.3. The zero-order valence-corrected chi connectivity index (χ0v) is 15.5. The first-order valence-electron chi connectivity index (χ1n) is 8.45. The minimum Gasteiger partial charge on any atom is -0.484 e.